The lowest BCUT2D eigenvalue weighted by atomic mass is 10.0. The quantitative estimate of drug-likeness (QED) is 0.664. The van der Waals surface area contributed by atoms with E-state index >= 15 is 0 Å². The minimum Gasteiger partial charge on any atom is -0.349 e. The first kappa shape index (κ1) is 18.9. The molecule has 0 aromatic heterocycles. The van der Waals surface area contributed by atoms with Crippen LogP contribution in [0.1, 0.15) is 52.0 Å². The van der Waals surface area contributed by atoms with Crippen molar-refractivity contribution in [3.63, 3.8) is 0 Å². The number of fused-ring (bicyclic) bond motifs is 1. The van der Waals surface area contributed by atoms with Gasteiger partial charge in [0.1, 0.15) is 0 Å². The fraction of sp³-hybridized carbons (Fsp3) is 0.200. The van der Waals surface area contributed by atoms with E-state index in [4.69, 9.17) is 0 Å². The summed E-state index contributed by atoms with van der Waals surface area (Å²) in [7, 11) is 0. The number of aryl methyl sites for hydroxylation is 1. The summed E-state index contributed by atoms with van der Waals surface area (Å²) in [5.41, 5.74) is 4.00. The molecule has 0 saturated heterocycles. The SMILES string of the molecule is O=C(C[C@@H](NC(=O)c1ccccc1)c1ccccc1)N[C@H]1CCc2ccccc21. The molecule has 146 valence electrons. The molecule has 4 heteroatoms. The molecule has 2 N–H and O–H groups in total. The van der Waals surface area contributed by atoms with Gasteiger partial charge >= 0.3 is 0 Å². The Morgan fingerprint density at radius 2 is 1.52 bits per heavy atom. The molecule has 1 aliphatic carbocycles. The van der Waals surface area contributed by atoms with E-state index in [9.17, 15) is 9.59 Å². The zero-order valence-electron chi connectivity index (χ0n) is 16.2. The van der Waals surface area contributed by atoms with Crippen LogP contribution in [0.4, 0.5) is 0 Å². The molecule has 2 atom stereocenters. The molecule has 0 fully saturated rings. The minimum atomic E-state index is -0.388. The third-order valence-corrected chi connectivity index (χ3v) is 5.40. The smallest absolute Gasteiger partial charge is 0.251 e. The van der Waals surface area contributed by atoms with Gasteiger partial charge < -0.3 is 10.6 Å². The molecule has 29 heavy (non-hydrogen) atoms. The Morgan fingerprint density at radius 1 is 0.862 bits per heavy atom. The molecule has 1 aliphatic rings. The zero-order valence-corrected chi connectivity index (χ0v) is 16.2. The largest absolute Gasteiger partial charge is 0.349 e. The van der Waals surface area contributed by atoms with E-state index in [-0.39, 0.29) is 30.3 Å². The van der Waals surface area contributed by atoms with Gasteiger partial charge in [-0.1, -0.05) is 72.8 Å². The molecule has 0 saturated carbocycles. The average molecular weight is 384 g/mol. The van der Waals surface area contributed by atoms with Crippen LogP contribution in [0.2, 0.25) is 0 Å². The standard InChI is InChI=1S/C25H24N2O2/c28-24(26-22-16-15-18-9-7-8-14-21(18)22)17-23(19-10-3-1-4-11-19)27-25(29)20-12-5-2-6-13-20/h1-14,22-23H,15-17H2,(H,26,28)(H,27,29)/t22-,23+/m0/s1. The molecule has 4 rings (SSSR count). The van der Waals surface area contributed by atoms with E-state index in [0.717, 1.165) is 18.4 Å². The molecular weight excluding hydrogens is 360 g/mol. The van der Waals surface area contributed by atoms with Gasteiger partial charge in [0.2, 0.25) is 5.91 Å². The van der Waals surface area contributed by atoms with Crippen molar-refractivity contribution < 1.29 is 9.59 Å². The van der Waals surface area contributed by atoms with E-state index < -0.39 is 0 Å². The number of rotatable bonds is 6. The van der Waals surface area contributed by atoms with Crippen molar-refractivity contribution in [3.05, 3.63) is 107 Å². The highest BCUT2D eigenvalue weighted by Gasteiger charge is 2.25. The fourth-order valence-corrected chi connectivity index (χ4v) is 3.91. The van der Waals surface area contributed by atoms with Gasteiger partial charge in [-0.05, 0) is 41.7 Å². The summed E-state index contributed by atoms with van der Waals surface area (Å²) >= 11 is 0. The van der Waals surface area contributed by atoms with Gasteiger partial charge in [0.15, 0.2) is 0 Å². The van der Waals surface area contributed by atoms with Crippen LogP contribution < -0.4 is 10.6 Å². The van der Waals surface area contributed by atoms with Crippen molar-refractivity contribution >= 4 is 11.8 Å². The maximum atomic E-state index is 12.8. The number of carbonyl (C=O) groups is 2. The Morgan fingerprint density at radius 3 is 2.28 bits per heavy atom. The molecule has 0 unspecified atom stereocenters. The van der Waals surface area contributed by atoms with Crippen molar-refractivity contribution in [2.75, 3.05) is 0 Å². The average Bonchev–Trinajstić information content (AvgIpc) is 3.17. The fourth-order valence-electron chi connectivity index (χ4n) is 3.91. The molecule has 0 spiro atoms. The third-order valence-electron chi connectivity index (χ3n) is 5.40. The van der Waals surface area contributed by atoms with Crippen LogP contribution in [-0.4, -0.2) is 11.8 Å². The summed E-state index contributed by atoms with van der Waals surface area (Å²) in [4.78, 5) is 25.5. The number of amides is 2. The third kappa shape index (κ3) is 4.54. The van der Waals surface area contributed by atoms with Crippen molar-refractivity contribution in [3.8, 4) is 0 Å². The van der Waals surface area contributed by atoms with Gasteiger partial charge in [-0.25, -0.2) is 0 Å². The maximum Gasteiger partial charge on any atom is 0.251 e. The first-order valence-electron chi connectivity index (χ1n) is 9.99. The van der Waals surface area contributed by atoms with Crippen LogP contribution in [0.3, 0.4) is 0 Å². The van der Waals surface area contributed by atoms with E-state index in [1.807, 2.05) is 60.7 Å². The Labute approximate surface area is 171 Å². The molecular formula is C25H24N2O2. The Bertz CT molecular complexity index is 986. The maximum absolute atomic E-state index is 12.8. The van der Waals surface area contributed by atoms with Gasteiger partial charge in [0, 0.05) is 5.56 Å². The van der Waals surface area contributed by atoms with Gasteiger partial charge in [-0.2, -0.15) is 0 Å². The first-order valence-corrected chi connectivity index (χ1v) is 9.99. The van der Waals surface area contributed by atoms with Crippen molar-refractivity contribution in [1.82, 2.24) is 10.6 Å². The number of hydrogen-bond donors (Lipinski definition) is 2. The minimum absolute atomic E-state index is 0.0416. The van der Waals surface area contributed by atoms with Crippen LogP contribution >= 0.6 is 0 Å². The molecule has 0 heterocycles. The highest BCUT2D eigenvalue weighted by molar-refractivity contribution is 5.94. The normalized spacial score (nSPS) is 15.9. The molecule has 3 aromatic carbocycles. The number of nitrogens with one attached hydrogen (secondary N) is 2. The van der Waals surface area contributed by atoms with Gasteiger partial charge in [0.25, 0.3) is 5.91 Å². The van der Waals surface area contributed by atoms with Crippen LogP contribution in [-0.2, 0) is 11.2 Å². The molecule has 0 aliphatic heterocycles. The summed E-state index contributed by atoms with van der Waals surface area (Å²) in [6.07, 6.45) is 2.09. The van der Waals surface area contributed by atoms with E-state index in [1.54, 1.807) is 12.1 Å². The molecule has 0 radical (unpaired) electrons. The second kappa shape index (κ2) is 8.74. The van der Waals surface area contributed by atoms with Gasteiger partial charge in [0.05, 0.1) is 18.5 Å². The summed E-state index contributed by atoms with van der Waals surface area (Å²) < 4.78 is 0. The second-order valence-electron chi connectivity index (χ2n) is 7.36. The predicted molar refractivity (Wildman–Crippen MR) is 113 cm³/mol. The van der Waals surface area contributed by atoms with Crippen LogP contribution in [0.5, 0.6) is 0 Å². The van der Waals surface area contributed by atoms with Gasteiger partial charge in [-0.15, -0.1) is 0 Å². The van der Waals surface area contributed by atoms with Crippen LogP contribution in [0.25, 0.3) is 0 Å². The van der Waals surface area contributed by atoms with E-state index in [0.29, 0.717) is 5.56 Å². The molecule has 4 nitrogen and oxygen atoms in total. The topological polar surface area (TPSA) is 58.2 Å². The lowest BCUT2D eigenvalue weighted by Gasteiger charge is -2.21. The van der Waals surface area contributed by atoms with Crippen molar-refractivity contribution in [2.45, 2.75) is 31.3 Å². The highest BCUT2D eigenvalue weighted by atomic mass is 16.2. The molecule has 3 aromatic rings. The highest BCUT2D eigenvalue weighted by Crippen LogP contribution is 2.31. The monoisotopic (exact) mass is 384 g/mol. The Kier molecular flexibility index (Phi) is 5.71. The summed E-state index contributed by atoms with van der Waals surface area (Å²) in [5, 5.41) is 6.18. The summed E-state index contributed by atoms with van der Waals surface area (Å²) in [5.74, 6) is -0.243. The molecule has 0 bridgehead atoms. The lowest BCUT2D eigenvalue weighted by molar-refractivity contribution is -0.122. The zero-order chi connectivity index (χ0) is 20.1. The summed E-state index contributed by atoms with van der Waals surface area (Å²) in [6.45, 7) is 0. The van der Waals surface area contributed by atoms with Crippen molar-refractivity contribution in [1.29, 1.82) is 0 Å². The van der Waals surface area contributed by atoms with Gasteiger partial charge in [-0.3, -0.25) is 9.59 Å². The summed E-state index contributed by atoms with van der Waals surface area (Å²) in [6, 6.07) is 26.6. The predicted octanol–water partition coefficient (Wildman–Crippen LogP) is 4.35. The number of hydrogen-bond acceptors (Lipinski definition) is 2. The van der Waals surface area contributed by atoms with E-state index in [2.05, 4.69) is 22.8 Å². The van der Waals surface area contributed by atoms with Crippen LogP contribution in [0.15, 0.2) is 84.9 Å². The number of benzene rings is 3. The molecule has 2 amide bonds. The van der Waals surface area contributed by atoms with Crippen LogP contribution in [0, 0.1) is 0 Å². The van der Waals surface area contributed by atoms with Crippen molar-refractivity contribution in [2.24, 2.45) is 0 Å². The second-order valence-corrected chi connectivity index (χ2v) is 7.36. The first-order chi connectivity index (χ1) is 14.2. The lowest BCUT2D eigenvalue weighted by Crippen LogP contribution is -2.34. The Hall–Kier alpha value is -3.40. The van der Waals surface area contributed by atoms with E-state index in [1.165, 1.54) is 11.1 Å². The number of carbonyl (C=O) groups excluding carboxylic acids is 2. The Balaban J connectivity index is 1.47.